The molecule has 1 saturated heterocycles. The number of nitrogens with zero attached hydrogens (tertiary/aromatic N) is 3. The second kappa shape index (κ2) is 23.9. The first-order chi connectivity index (χ1) is 26.4. The Hall–Kier alpha value is -3.20. The molecule has 1 aromatic carbocycles. The van der Waals surface area contributed by atoms with Gasteiger partial charge in [0.25, 0.3) is 0 Å². The number of aliphatic carboxylic acids is 1. The van der Waals surface area contributed by atoms with Gasteiger partial charge < -0.3 is 35.0 Å². The molecule has 13 nitrogen and oxygen atoms in total. The molecule has 0 radical (unpaired) electrons. The van der Waals surface area contributed by atoms with E-state index in [-0.39, 0.29) is 48.3 Å². The lowest BCUT2D eigenvalue weighted by Crippen LogP contribution is -2.60. The lowest BCUT2D eigenvalue weighted by Gasteiger charge is -2.41. The number of amides is 4. The minimum Gasteiger partial charge on any atom is -0.480 e. The summed E-state index contributed by atoms with van der Waals surface area (Å²) in [4.78, 5) is 73.4. The van der Waals surface area contributed by atoms with Crippen molar-refractivity contribution in [3.63, 3.8) is 0 Å². The Morgan fingerprint density at radius 1 is 0.946 bits per heavy atom. The minimum atomic E-state index is -1.14. The molecule has 1 aliphatic heterocycles. The number of benzene rings is 1. The molecular formula is C42H71N5O8S. The van der Waals surface area contributed by atoms with E-state index in [0.717, 1.165) is 24.3 Å². The third-order valence-corrected chi connectivity index (χ3v) is 12.0. The van der Waals surface area contributed by atoms with Crippen LogP contribution in [0.25, 0.3) is 0 Å². The number of ether oxygens (including phenoxy) is 2. The van der Waals surface area contributed by atoms with Gasteiger partial charge in [-0.05, 0) is 49.5 Å². The highest BCUT2D eigenvalue weighted by atomic mass is 32.2. The molecule has 3 N–H and O–H groups in total. The van der Waals surface area contributed by atoms with E-state index in [9.17, 15) is 29.1 Å². The highest BCUT2D eigenvalue weighted by Gasteiger charge is 2.43. The first kappa shape index (κ1) is 48.9. The van der Waals surface area contributed by atoms with Gasteiger partial charge in [-0.15, -0.1) is 0 Å². The molecule has 0 saturated carbocycles. The summed E-state index contributed by atoms with van der Waals surface area (Å²) in [5.41, 5.74) is 0.786. The van der Waals surface area contributed by atoms with E-state index in [2.05, 4.69) is 10.6 Å². The van der Waals surface area contributed by atoms with Crippen molar-refractivity contribution in [3.8, 4) is 0 Å². The highest BCUT2D eigenvalue weighted by Crippen LogP contribution is 2.30. The molecule has 1 aliphatic rings. The molecule has 0 aromatic heterocycles. The number of thioether (sulfide) groups is 1. The van der Waals surface area contributed by atoms with Crippen LogP contribution in [0, 0.1) is 23.7 Å². The Kier molecular flexibility index (Phi) is 20.9. The highest BCUT2D eigenvalue weighted by molar-refractivity contribution is 7.98. The Bertz CT molecular complexity index is 1400. The number of likely N-dealkylation sites (tertiary alicyclic amines) is 1. The molecule has 4 amide bonds. The molecule has 14 heteroatoms. The van der Waals surface area contributed by atoms with Crippen LogP contribution in [0.5, 0.6) is 0 Å². The van der Waals surface area contributed by atoms with Gasteiger partial charge in [0.2, 0.25) is 23.6 Å². The number of carboxylic acids is 1. The average Bonchev–Trinajstić information content (AvgIpc) is 3.65. The maximum Gasteiger partial charge on any atom is 0.326 e. The van der Waals surface area contributed by atoms with Gasteiger partial charge in [0.05, 0.1) is 42.7 Å². The topological polar surface area (TPSA) is 158 Å². The van der Waals surface area contributed by atoms with Crippen LogP contribution in [0.15, 0.2) is 30.3 Å². The number of nitrogens with one attached hydrogen (secondary N) is 2. The van der Waals surface area contributed by atoms with Crippen LogP contribution in [0.3, 0.4) is 0 Å². The van der Waals surface area contributed by atoms with Crippen molar-refractivity contribution >= 4 is 41.4 Å². The Labute approximate surface area is 340 Å². The Balaban J connectivity index is 2.28. The van der Waals surface area contributed by atoms with E-state index in [1.807, 2.05) is 90.1 Å². The van der Waals surface area contributed by atoms with Gasteiger partial charge in [-0.3, -0.25) is 24.1 Å². The molecule has 1 aromatic rings. The summed E-state index contributed by atoms with van der Waals surface area (Å²) in [5, 5.41) is 15.7. The van der Waals surface area contributed by atoms with Gasteiger partial charge in [0.1, 0.15) is 12.1 Å². The monoisotopic (exact) mass is 806 g/mol. The second-order valence-electron chi connectivity index (χ2n) is 16.1. The predicted octanol–water partition coefficient (Wildman–Crippen LogP) is 4.18. The lowest BCUT2D eigenvalue weighted by molar-refractivity contribution is -0.148. The fourth-order valence-corrected chi connectivity index (χ4v) is 8.49. The molecule has 8 unspecified atom stereocenters. The average molecular weight is 806 g/mol. The summed E-state index contributed by atoms with van der Waals surface area (Å²) < 4.78 is 11.9. The van der Waals surface area contributed by atoms with Crippen molar-refractivity contribution < 1.29 is 38.6 Å². The molecule has 56 heavy (non-hydrogen) atoms. The number of hydrogen-bond acceptors (Lipinski definition) is 9. The van der Waals surface area contributed by atoms with Crippen molar-refractivity contribution in [2.75, 3.05) is 53.4 Å². The molecule has 0 aliphatic carbocycles. The smallest absolute Gasteiger partial charge is 0.326 e. The quantitative estimate of drug-likeness (QED) is 0.139. The number of carboxylic acid groups (broad SMARTS) is 1. The van der Waals surface area contributed by atoms with Gasteiger partial charge in [-0.25, -0.2) is 4.79 Å². The number of methoxy groups -OCH3 is 2. The minimum absolute atomic E-state index is 0.0107. The normalized spacial score (nSPS) is 18.8. The predicted molar refractivity (Wildman–Crippen MR) is 222 cm³/mol. The number of rotatable bonds is 24. The largest absolute Gasteiger partial charge is 0.480 e. The van der Waals surface area contributed by atoms with Crippen molar-refractivity contribution in [3.05, 3.63) is 35.9 Å². The van der Waals surface area contributed by atoms with Crippen LogP contribution >= 0.6 is 11.8 Å². The molecule has 0 spiro atoms. The molecular weight excluding hydrogens is 735 g/mol. The van der Waals surface area contributed by atoms with E-state index in [1.165, 1.54) is 7.11 Å². The maximum absolute atomic E-state index is 14.4. The van der Waals surface area contributed by atoms with E-state index in [4.69, 9.17) is 9.47 Å². The van der Waals surface area contributed by atoms with Crippen LogP contribution in [0.2, 0.25) is 0 Å². The Morgan fingerprint density at radius 2 is 1.59 bits per heavy atom. The van der Waals surface area contributed by atoms with E-state index < -0.39 is 60.2 Å². The second-order valence-corrected chi connectivity index (χ2v) is 17.1. The summed E-state index contributed by atoms with van der Waals surface area (Å²) >= 11 is 1.72. The van der Waals surface area contributed by atoms with E-state index in [0.29, 0.717) is 19.4 Å². The molecule has 318 valence electrons. The molecule has 2 rings (SSSR count). The Morgan fingerprint density at radius 3 is 2.11 bits per heavy atom. The van der Waals surface area contributed by atoms with Gasteiger partial charge in [0, 0.05) is 46.5 Å². The number of carbonyl (C=O) groups is 5. The van der Waals surface area contributed by atoms with Gasteiger partial charge in [-0.2, -0.15) is 11.8 Å². The third kappa shape index (κ3) is 13.4. The summed E-state index contributed by atoms with van der Waals surface area (Å²) in [6.07, 6.45) is 2.85. The van der Waals surface area contributed by atoms with Crippen LogP contribution in [0.1, 0.15) is 79.7 Å². The fourth-order valence-electron chi connectivity index (χ4n) is 8.02. The standard InChI is InChI=1S/C42H71N5O8S/c1-13-28(6)37(46(9)41(51)35(26(2)3)44-40(50)36(27(4)5)45(8)22-23-56-12)33(54-10)25-34(48)47-21-17-20-32(47)38(55-11)29(7)39(49)43-31(42(52)53)24-30-18-15-14-16-19-30/h14-16,18-19,26-29,31-33,35-38H,13,17,20-25H2,1-12H3,(H,43,49)(H,44,50)(H,52,53)/t28?,29?,31?,32-,33?,35?,36?,37?,38?/m0/s1. The summed E-state index contributed by atoms with van der Waals surface area (Å²) in [7, 11) is 6.71. The summed E-state index contributed by atoms with van der Waals surface area (Å²) in [6.45, 7) is 14.8. The maximum atomic E-state index is 14.4. The first-order valence-corrected chi connectivity index (χ1v) is 21.5. The third-order valence-electron chi connectivity index (χ3n) is 11.4. The van der Waals surface area contributed by atoms with Crippen LogP contribution in [-0.4, -0.2) is 145 Å². The SMILES string of the molecule is CCC(C)C(C(CC(=O)N1CCC[C@H]1C(OC)C(C)C(=O)NC(Cc1ccccc1)C(=O)O)OC)N(C)C(=O)C(NC(=O)C(C(C)C)N(C)CCSC)C(C)C. The molecule has 0 bridgehead atoms. The number of likely N-dealkylation sites (N-methyl/N-ethyl adjacent to an activating group) is 2. The van der Waals surface area contributed by atoms with Crippen LogP contribution in [0.4, 0.5) is 0 Å². The van der Waals surface area contributed by atoms with Gasteiger partial charge in [-0.1, -0.05) is 85.2 Å². The fraction of sp³-hybridized carbons (Fsp3) is 0.738. The molecule has 9 atom stereocenters. The number of carbonyl (C=O) groups excluding carboxylic acids is 4. The first-order valence-electron chi connectivity index (χ1n) is 20.1. The van der Waals surface area contributed by atoms with Gasteiger partial charge in [0.15, 0.2) is 0 Å². The zero-order valence-corrected chi connectivity index (χ0v) is 36.8. The zero-order valence-electron chi connectivity index (χ0n) is 35.9. The molecule has 1 heterocycles. The summed E-state index contributed by atoms with van der Waals surface area (Å²) in [6, 6.07) is 5.90. The van der Waals surface area contributed by atoms with Gasteiger partial charge >= 0.3 is 5.97 Å². The number of hydrogen-bond donors (Lipinski definition) is 3. The van der Waals surface area contributed by atoms with Crippen LogP contribution in [-0.2, 0) is 39.9 Å². The van der Waals surface area contributed by atoms with Crippen molar-refractivity contribution in [2.45, 2.75) is 123 Å². The zero-order chi connectivity index (χ0) is 42.3. The summed E-state index contributed by atoms with van der Waals surface area (Å²) in [5.74, 6) is -2.30. The lowest BCUT2D eigenvalue weighted by atomic mass is 9.89. The van der Waals surface area contributed by atoms with Crippen molar-refractivity contribution in [1.29, 1.82) is 0 Å². The van der Waals surface area contributed by atoms with E-state index >= 15 is 0 Å². The molecule has 1 fully saturated rings. The van der Waals surface area contributed by atoms with Crippen LogP contribution < -0.4 is 10.6 Å². The van der Waals surface area contributed by atoms with Crippen molar-refractivity contribution in [2.24, 2.45) is 23.7 Å². The van der Waals surface area contributed by atoms with Crippen molar-refractivity contribution in [1.82, 2.24) is 25.3 Å². The van der Waals surface area contributed by atoms with E-state index in [1.54, 1.807) is 42.6 Å².